The van der Waals surface area contributed by atoms with Crippen LogP contribution >= 0.6 is 11.6 Å². The molecule has 0 spiro atoms. The summed E-state index contributed by atoms with van der Waals surface area (Å²) in [6, 6.07) is 10.8. The number of nitrogens with one attached hydrogen (secondary N) is 1. The molecule has 8 heteroatoms. The highest BCUT2D eigenvalue weighted by molar-refractivity contribution is 6.30. The summed E-state index contributed by atoms with van der Waals surface area (Å²) in [5.41, 5.74) is 7.97. The first-order valence-electron chi connectivity index (χ1n) is 9.82. The first-order chi connectivity index (χ1) is 14.4. The fraction of sp³-hybridized carbons (Fsp3) is 0.409. The third-order valence-electron chi connectivity index (χ3n) is 5.48. The first-order valence-corrected chi connectivity index (χ1v) is 10.2. The van der Waals surface area contributed by atoms with Crippen molar-refractivity contribution in [2.45, 2.75) is 19.0 Å². The lowest BCUT2D eigenvalue weighted by Crippen LogP contribution is -2.37. The number of ether oxygens (including phenoxy) is 2. The predicted octanol–water partition coefficient (Wildman–Crippen LogP) is 3.59. The number of halogens is 2. The fourth-order valence-corrected chi connectivity index (χ4v) is 4.03. The Morgan fingerprint density at radius 1 is 1.23 bits per heavy atom. The lowest BCUT2D eigenvalue weighted by atomic mass is 9.93. The SMILES string of the molecule is COc1ccc(CN=C(N)NCC2CCN(C)C2c2ccc(Cl)c(F)c2)cc1OC. The van der Waals surface area contributed by atoms with Crippen LogP contribution in [0.25, 0.3) is 0 Å². The Kier molecular flexibility index (Phi) is 7.39. The molecule has 1 heterocycles. The zero-order valence-electron chi connectivity index (χ0n) is 17.5. The Bertz CT molecular complexity index is 909. The maximum atomic E-state index is 13.9. The molecule has 30 heavy (non-hydrogen) atoms. The predicted molar refractivity (Wildman–Crippen MR) is 118 cm³/mol. The lowest BCUT2D eigenvalue weighted by molar-refractivity contribution is 0.276. The average molecular weight is 435 g/mol. The smallest absolute Gasteiger partial charge is 0.188 e. The van der Waals surface area contributed by atoms with Crippen molar-refractivity contribution in [1.29, 1.82) is 0 Å². The summed E-state index contributed by atoms with van der Waals surface area (Å²) in [5, 5.41) is 3.36. The van der Waals surface area contributed by atoms with Crippen LogP contribution in [0.15, 0.2) is 41.4 Å². The van der Waals surface area contributed by atoms with Gasteiger partial charge in [-0.1, -0.05) is 23.7 Å². The molecule has 2 aromatic rings. The Hall–Kier alpha value is -2.51. The standard InChI is InChI=1S/C22H28ClFN4O2/c1-28-9-8-16(21(28)15-5-6-17(23)18(24)11-15)13-27-22(25)26-12-14-4-7-19(29-2)20(10-14)30-3/h4-7,10-11,16,21H,8-9,12-13H2,1-3H3,(H3,25,26,27). The van der Waals surface area contributed by atoms with E-state index in [4.69, 9.17) is 26.8 Å². The minimum absolute atomic E-state index is 0.0999. The van der Waals surface area contributed by atoms with E-state index in [1.807, 2.05) is 31.3 Å². The van der Waals surface area contributed by atoms with Crippen molar-refractivity contribution in [3.63, 3.8) is 0 Å². The van der Waals surface area contributed by atoms with Gasteiger partial charge in [-0.2, -0.15) is 0 Å². The van der Waals surface area contributed by atoms with Gasteiger partial charge in [-0.25, -0.2) is 9.38 Å². The van der Waals surface area contributed by atoms with E-state index in [-0.39, 0.29) is 17.0 Å². The molecule has 3 N–H and O–H groups in total. The van der Waals surface area contributed by atoms with Gasteiger partial charge in [0, 0.05) is 12.6 Å². The van der Waals surface area contributed by atoms with E-state index in [1.54, 1.807) is 20.3 Å². The average Bonchev–Trinajstić information content (AvgIpc) is 3.12. The number of hydrogen-bond acceptors (Lipinski definition) is 4. The number of likely N-dealkylation sites (tertiary alicyclic amines) is 1. The Morgan fingerprint density at radius 2 is 2.00 bits per heavy atom. The van der Waals surface area contributed by atoms with Crippen LogP contribution in [-0.2, 0) is 6.54 Å². The van der Waals surface area contributed by atoms with Crippen LogP contribution in [-0.4, -0.2) is 45.2 Å². The number of nitrogens with zero attached hydrogens (tertiary/aromatic N) is 2. The Balaban J connectivity index is 1.61. The van der Waals surface area contributed by atoms with Crippen molar-refractivity contribution < 1.29 is 13.9 Å². The summed E-state index contributed by atoms with van der Waals surface area (Å²) in [7, 11) is 5.25. The highest BCUT2D eigenvalue weighted by Gasteiger charge is 2.33. The summed E-state index contributed by atoms with van der Waals surface area (Å²) < 4.78 is 24.5. The number of nitrogens with two attached hydrogens (primary N) is 1. The molecule has 0 saturated carbocycles. The lowest BCUT2D eigenvalue weighted by Gasteiger charge is -2.26. The van der Waals surface area contributed by atoms with E-state index in [9.17, 15) is 4.39 Å². The van der Waals surface area contributed by atoms with Gasteiger partial charge in [0.05, 0.1) is 25.8 Å². The highest BCUT2D eigenvalue weighted by Crippen LogP contribution is 2.36. The second kappa shape index (κ2) is 10.00. The first kappa shape index (κ1) is 22.2. The minimum Gasteiger partial charge on any atom is -0.493 e. The molecule has 162 valence electrons. The summed E-state index contributed by atoms with van der Waals surface area (Å²) in [4.78, 5) is 6.65. The van der Waals surface area contributed by atoms with Gasteiger partial charge in [0.15, 0.2) is 17.5 Å². The van der Waals surface area contributed by atoms with E-state index in [2.05, 4.69) is 15.2 Å². The van der Waals surface area contributed by atoms with Crippen LogP contribution < -0.4 is 20.5 Å². The highest BCUT2D eigenvalue weighted by atomic mass is 35.5. The topological polar surface area (TPSA) is 72.1 Å². The van der Waals surface area contributed by atoms with E-state index >= 15 is 0 Å². The summed E-state index contributed by atoms with van der Waals surface area (Å²) >= 11 is 5.84. The molecule has 0 radical (unpaired) electrons. The van der Waals surface area contributed by atoms with Crippen molar-refractivity contribution >= 4 is 17.6 Å². The van der Waals surface area contributed by atoms with Gasteiger partial charge < -0.3 is 20.5 Å². The zero-order chi connectivity index (χ0) is 21.7. The number of hydrogen-bond donors (Lipinski definition) is 2. The van der Waals surface area contributed by atoms with Crippen LogP contribution in [0, 0.1) is 11.7 Å². The van der Waals surface area contributed by atoms with Gasteiger partial charge in [-0.05, 0) is 61.3 Å². The van der Waals surface area contributed by atoms with E-state index in [0.717, 1.165) is 24.1 Å². The van der Waals surface area contributed by atoms with Gasteiger partial charge >= 0.3 is 0 Å². The molecule has 0 bridgehead atoms. The molecule has 2 aromatic carbocycles. The maximum Gasteiger partial charge on any atom is 0.188 e. The number of methoxy groups -OCH3 is 2. The fourth-order valence-electron chi connectivity index (χ4n) is 3.91. The molecular formula is C22H28ClFN4O2. The van der Waals surface area contributed by atoms with E-state index in [1.165, 1.54) is 6.07 Å². The number of aliphatic imine (C=N–C) groups is 1. The molecule has 1 saturated heterocycles. The van der Waals surface area contributed by atoms with Crippen LogP contribution in [0.3, 0.4) is 0 Å². The normalized spacial score (nSPS) is 19.7. The van der Waals surface area contributed by atoms with Crippen molar-refractivity contribution in [1.82, 2.24) is 10.2 Å². The second-order valence-electron chi connectivity index (χ2n) is 7.42. The molecule has 2 unspecified atom stereocenters. The molecule has 6 nitrogen and oxygen atoms in total. The Labute approximate surface area is 181 Å². The van der Waals surface area contributed by atoms with Crippen LogP contribution in [0.4, 0.5) is 4.39 Å². The van der Waals surface area contributed by atoms with Crippen LogP contribution in [0.2, 0.25) is 5.02 Å². The van der Waals surface area contributed by atoms with Gasteiger partial charge in [0.1, 0.15) is 5.82 Å². The molecule has 1 aliphatic heterocycles. The third-order valence-corrected chi connectivity index (χ3v) is 5.79. The summed E-state index contributed by atoms with van der Waals surface area (Å²) in [6.45, 7) is 2.01. The van der Waals surface area contributed by atoms with Crippen LogP contribution in [0.5, 0.6) is 11.5 Å². The van der Waals surface area contributed by atoms with Crippen molar-refractivity contribution in [2.75, 3.05) is 34.4 Å². The van der Waals surface area contributed by atoms with Gasteiger partial charge in [-0.15, -0.1) is 0 Å². The quantitative estimate of drug-likeness (QED) is 0.514. The van der Waals surface area contributed by atoms with Crippen molar-refractivity contribution in [3.05, 3.63) is 58.4 Å². The number of rotatable bonds is 7. The minimum atomic E-state index is -0.392. The van der Waals surface area contributed by atoms with Gasteiger partial charge in [0.2, 0.25) is 0 Å². The third kappa shape index (κ3) is 5.15. The van der Waals surface area contributed by atoms with E-state index in [0.29, 0.717) is 30.5 Å². The molecule has 1 aliphatic rings. The summed E-state index contributed by atoms with van der Waals surface area (Å²) in [6.07, 6.45) is 0.987. The monoisotopic (exact) mass is 434 g/mol. The molecule has 0 aromatic heterocycles. The molecule has 2 atom stereocenters. The summed E-state index contributed by atoms with van der Waals surface area (Å²) in [5.74, 6) is 1.60. The van der Waals surface area contributed by atoms with Crippen molar-refractivity contribution in [2.24, 2.45) is 16.6 Å². The molecule has 3 rings (SSSR count). The van der Waals surface area contributed by atoms with Crippen molar-refractivity contribution in [3.8, 4) is 11.5 Å². The maximum absolute atomic E-state index is 13.9. The molecule has 1 fully saturated rings. The number of guanidine groups is 1. The van der Waals surface area contributed by atoms with Crippen LogP contribution in [0.1, 0.15) is 23.6 Å². The Morgan fingerprint density at radius 3 is 2.70 bits per heavy atom. The molecule has 0 amide bonds. The zero-order valence-corrected chi connectivity index (χ0v) is 18.2. The molecular weight excluding hydrogens is 407 g/mol. The van der Waals surface area contributed by atoms with E-state index < -0.39 is 5.82 Å². The molecule has 0 aliphatic carbocycles. The number of benzene rings is 2. The largest absolute Gasteiger partial charge is 0.493 e. The van der Waals surface area contributed by atoms with Gasteiger partial charge in [-0.3, -0.25) is 4.90 Å². The second-order valence-corrected chi connectivity index (χ2v) is 7.83. The van der Waals surface area contributed by atoms with Gasteiger partial charge in [0.25, 0.3) is 0 Å².